The van der Waals surface area contributed by atoms with E-state index in [0.717, 1.165) is 11.3 Å². The van der Waals surface area contributed by atoms with Crippen molar-refractivity contribution in [2.75, 3.05) is 39.0 Å². The number of rotatable bonds is 2. The molecule has 1 atom stereocenters. The fourth-order valence-electron chi connectivity index (χ4n) is 3.17. The zero-order valence-electron chi connectivity index (χ0n) is 11.8. The van der Waals surface area contributed by atoms with E-state index < -0.39 is 5.41 Å². The first-order valence-corrected chi connectivity index (χ1v) is 6.86. The average Bonchev–Trinajstić information content (AvgIpc) is 2.95. The minimum Gasteiger partial charge on any atom is -0.340 e. The first-order chi connectivity index (χ1) is 9.53. The molecule has 20 heavy (non-hydrogen) atoms. The third-order valence-electron chi connectivity index (χ3n) is 4.20. The molecule has 0 bridgehead atoms. The Hall–Kier alpha value is -1.88. The van der Waals surface area contributed by atoms with Gasteiger partial charge in [-0.2, -0.15) is 0 Å². The van der Waals surface area contributed by atoms with Gasteiger partial charge in [-0.3, -0.25) is 9.59 Å². The second-order valence-corrected chi connectivity index (χ2v) is 5.88. The van der Waals surface area contributed by atoms with Crippen LogP contribution in [0.15, 0.2) is 24.3 Å². The fourth-order valence-corrected chi connectivity index (χ4v) is 3.17. The largest absolute Gasteiger partial charge is 0.340 e. The van der Waals surface area contributed by atoms with Crippen LogP contribution in [0.2, 0.25) is 0 Å². The number of amides is 2. The Morgan fingerprint density at radius 3 is 2.90 bits per heavy atom. The van der Waals surface area contributed by atoms with Crippen LogP contribution in [0.1, 0.15) is 12.0 Å². The summed E-state index contributed by atoms with van der Waals surface area (Å²) in [5.41, 5.74) is 1.38. The maximum Gasteiger partial charge on any atom is 0.236 e. The normalized spacial score (nSPS) is 24.4. The van der Waals surface area contributed by atoms with Crippen LogP contribution in [0.25, 0.3) is 0 Å². The Morgan fingerprint density at radius 1 is 1.40 bits per heavy atom. The Balaban J connectivity index is 1.86. The van der Waals surface area contributed by atoms with E-state index in [2.05, 4.69) is 5.32 Å². The molecule has 1 fully saturated rings. The van der Waals surface area contributed by atoms with Crippen LogP contribution >= 0.6 is 0 Å². The Bertz CT molecular complexity index is 570. The lowest BCUT2D eigenvalue weighted by Crippen LogP contribution is -2.41. The topological polar surface area (TPSA) is 52.7 Å². The van der Waals surface area contributed by atoms with E-state index in [1.54, 1.807) is 0 Å². The summed E-state index contributed by atoms with van der Waals surface area (Å²) in [7, 11) is 3.75. The summed E-state index contributed by atoms with van der Waals surface area (Å²) in [6.07, 6.45) is 0.703. The summed E-state index contributed by atoms with van der Waals surface area (Å²) in [6, 6.07) is 7.78. The number of benzene rings is 1. The molecular weight excluding hydrogens is 254 g/mol. The number of anilines is 1. The van der Waals surface area contributed by atoms with Gasteiger partial charge in [-0.25, -0.2) is 0 Å². The molecule has 1 N–H and O–H groups in total. The van der Waals surface area contributed by atoms with E-state index in [1.165, 1.54) is 0 Å². The number of carbonyl (C=O) groups excluding carboxylic acids is 2. The minimum atomic E-state index is -0.543. The number of carbonyl (C=O) groups is 2. The molecule has 0 radical (unpaired) electrons. The monoisotopic (exact) mass is 273 g/mol. The maximum atomic E-state index is 12.4. The van der Waals surface area contributed by atoms with E-state index in [1.807, 2.05) is 48.2 Å². The highest BCUT2D eigenvalue weighted by atomic mass is 16.2. The molecule has 106 valence electrons. The van der Waals surface area contributed by atoms with Crippen LogP contribution in [0, 0.1) is 0 Å². The van der Waals surface area contributed by atoms with Crippen molar-refractivity contribution in [2.24, 2.45) is 0 Å². The van der Waals surface area contributed by atoms with Gasteiger partial charge in [-0.1, -0.05) is 18.2 Å². The van der Waals surface area contributed by atoms with E-state index in [0.29, 0.717) is 26.1 Å². The second-order valence-electron chi connectivity index (χ2n) is 5.88. The second kappa shape index (κ2) is 4.59. The smallest absolute Gasteiger partial charge is 0.236 e. The summed E-state index contributed by atoms with van der Waals surface area (Å²) in [5, 5.41) is 2.94. The summed E-state index contributed by atoms with van der Waals surface area (Å²) in [4.78, 5) is 28.2. The SMILES string of the molecule is CN(C)CC(=O)N1CC[C@@]2(C1)C(=O)Nc1ccccc12. The highest BCUT2D eigenvalue weighted by Gasteiger charge is 2.51. The lowest BCUT2D eigenvalue weighted by Gasteiger charge is -2.23. The van der Waals surface area contributed by atoms with E-state index >= 15 is 0 Å². The van der Waals surface area contributed by atoms with E-state index in [-0.39, 0.29) is 11.8 Å². The van der Waals surface area contributed by atoms with Crippen molar-refractivity contribution >= 4 is 17.5 Å². The van der Waals surface area contributed by atoms with Crippen LogP contribution in [0.3, 0.4) is 0 Å². The van der Waals surface area contributed by atoms with Gasteiger partial charge in [0.1, 0.15) is 0 Å². The van der Waals surface area contributed by atoms with Crippen molar-refractivity contribution in [3.05, 3.63) is 29.8 Å². The third-order valence-corrected chi connectivity index (χ3v) is 4.20. The molecule has 5 heteroatoms. The predicted molar refractivity (Wildman–Crippen MR) is 76.5 cm³/mol. The van der Waals surface area contributed by atoms with Gasteiger partial charge in [0.25, 0.3) is 0 Å². The van der Waals surface area contributed by atoms with Crippen molar-refractivity contribution in [3.63, 3.8) is 0 Å². The van der Waals surface area contributed by atoms with Crippen LogP contribution in [0.5, 0.6) is 0 Å². The number of nitrogens with one attached hydrogen (secondary N) is 1. The van der Waals surface area contributed by atoms with Crippen LogP contribution in [-0.4, -0.2) is 55.3 Å². The van der Waals surface area contributed by atoms with Gasteiger partial charge >= 0.3 is 0 Å². The number of hydrogen-bond donors (Lipinski definition) is 1. The van der Waals surface area contributed by atoms with Gasteiger partial charge in [0.15, 0.2) is 0 Å². The third kappa shape index (κ3) is 1.89. The maximum absolute atomic E-state index is 12.4. The van der Waals surface area contributed by atoms with Crippen LogP contribution in [0.4, 0.5) is 5.69 Å². The molecular formula is C15H19N3O2. The number of nitrogens with zero attached hydrogens (tertiary/aromatic N) is 2. The molecule has 1 saturated heterocycles. The quantitative estimate of drug-likeness (QED) is 0.861. The number of likely N-dealkylation sites (tertiary alicyclic amines) is 1. The van der Waals surface area contributed by atoms with Gasteiger partial charge in [0.2, 0.25) is 11.8 Å². The van der Waals surface area contributed by atoms with E-state index in [9.17, 15) is 9.59 Å². The first kappa shape index (κ1) is 13.1. The molecule has 1 aromatic rings. The lowest BCUT2D eigenvalue weighted by atomic mass is 9.81. The number of para-hydroxylation sites is 1. The van der Waals surface area contributed by atoms with Gasteiger partial charge in [-0.05, 0) is 32.1 Å². The van der Waals surface area contributed by atoms with Gasteiger partial charge < -0.3 is 15.1 Å². The van der Waals surface area contributed by atoms with Crippen molar-refractivity contribution in [3.8, 4) is 0 Å². The molecule has 0 aromatic heterocycles. The average molecular weight is 273 g/mol. The lowest BCUT2D eigenvalue weighted by molar-refractivity contribution is -0.131. The van der Waals surface area contributed by atoms with Crippen molar-refractivity contribution < 1.29 is 9.59 Å². The summed E-state index contributed by atoms with van der Waals surface area (Å²) < 4.78 is 0. The number of hydrogen-bond acceptors (Lipinski definition) is 3. The standard InChI is InChI=1S/C15H19N3O2/c1-17(2)9-13(19)18-8-7-15(10-18)11-5-3-4-6-12(11)16-14(15)20/h3-6H,7-10H2,1-2H3,(H,16,20)/t15-/m0/s1. The Kier molecular flexibility index (Phi) is 3.01. The molecule has 5 nitrogen and oxygen atoms in total. The predicted octanol–water partition coefficient (Wildman–Crippen LogP) is 0.670. The Labute approximate surface area is 118 Å². The molecule has 0 saturated carbocycles. The van der Waals surface area contributed by atoms with Gasteiger partial charge in [-0.15, -0.1) is 0 Å². The van der Waals surface area contributed by atoms with Crippen molar-refractivity contribution in [2.45, 2.75) is 11.8 Å². The molecule has 2 amide bonds. The minimum absolute atomic E-state index is 0.0267. The van der Waals surface area contributed by atoms with Gasteiger partial charge in [0, 0.05) is 18.8 Å². The Morgan fingerprint density at radius 2 is 2.15 bits per heavy atom. The summed E-state index contributed by atoms with van der Waals surface area (Å²) in [5.74, 6) is 0.114. The van der Waals surface area contributed by atoms with Crippen molar-refractivity contribution in [1.82, 2.24) is 9.80 Å². The highest BCUT2D eigenvalue weighted by molar-refractivity contribution is 6.07. The van der Waals surface area contributed by atoms with Crippen LogP contribution in [-0.2, 0) is 15.0 Å². The molecule has 3 rings (SSSR count). The van der Waals surface area contributed by atoms with E-state index in [4.69, 9.17) is 0 Å². The number of fused-ring (bicyclic) bond motifs is 2. The zero-order chi connectivity index (χ0) is 14.3. The highest BCUT2D eigenvalue weighted by Crippen LogP contribution is 2.43. The zero-order valence-corrected chi connectivity index (χ0v) is 11.8. The molecule has 2 aliphatic heterocycles. The molecule has 1 spiro atoms. The van der Waals surface area contributed by atoms with Gasteiger partial charge in [0.05, 0.1) is 12.0 Å². The summed E-state index contributed by atoms with van der Waals surface area (Å²) in [6.45, 7) is 1.52. The van der Waals surface area contributed by atoms with Crippen molar-refractivity contribution in [1.29, 1.82) is 0 Å². The van der Waals surface area contributed by atoms with Crippen LogP contribution < -0.4 is 5.32 Å². The molecule has 2 heterocycles. The molecule has 2 aliphatic rings. The molecule has 0 aliphatic carbocycles. The fraction of sp³-hybridized carbons (Fsp3) is 0.467. The molecule has 0 unspecified atom stereocenters. The first-order valence-electron chi connectivity index (χ1n) is 6.86. The summed E-state index contributed by atoms with van der Waals surface area (Å²) >= 11 is 0. The molecule has 1 aromatic carbocycles. The number of likely N-dealkylation sites (N-methyl/N-ethyl adjacent to an activating group) is 1.